The number of ketones is 5. The maximum Gasteiger partial charge on any atom is 0.233 e. The highest BCUT2D eigenvalue weighted by molar-refractivity contribution is 6.51. The molecule has 6 aliphatic carbocycles. The Morgan fingerprint density at radius 3 is 1.67 bits per heavy atom. The molecular weight excluding hydrogens is 608 g/mol. The third kappa shape index (κ3) is 3.54. The van der Waals surface area contributed by atoms with Gasteiger partial charge >= 0.3 is 0 Å². The van der Waals surface area contributed by atoms with E-state index in [1.807, 2.05) is 41.5 Å². The molecule has 0 aromatic carbocycles. The Balaban J connectivity index is 1.72. The second-order valence-corrected chi connectivity index (χ2v) is 17.9. The van der Waals surface area contributed by atoms with Crippen LogP contribution in [0.25, 0.3) is 0 Å². The molecule has 2 N–H and O–H groups in total. The van der Waals surface area contributed by atoms with Crippen molar-refractivity contribution in [3.05, 3.63) is 56.3 Å². The number of aliphatic hydroxyl groups excluding tert-OH is 2. The fraction of sp³-hybridized carbons (Fsp3) is 0.625. The summed E-state index contributed by atoms with van der Waals surface area (Å²) in [7, 11) is 0. The van der Waals surface area contributed by atoms with Gasteiger partial charge in [-0.2, -0.15) is 0 Å². The number of hydrogen-bond donors (Lipinski definition) is 2. The highest BCUT2D eigenvalue weighted by Crippen LogP contribution is 2.71. The first kappa shape index (κ1) is 33.0. The number of hydrogen-bond acceptors (Lipinski definition) is 8. The van der Waals surface area contributed by atoms with Crippen LogP contribution in [0.1, 0.15) is 108 Å². The summed E-state index contributed by atoms with van der Waals surface area (Å²) in [6, 6.07) is 0. The van der Waals surface area contributed by atoms with Crippen molar-refractivity contribution in [3.8, 4) is 0 Å². The third-order valence-electron chi connectivity index (χ3n) is 13.3. The normalized spacial score (nSPS) is 37.1. The molecule has 0 aromatic heterocycles. The summed E-state index contributed by atoms with van der Waals surface area (Å²) in [6.45, 7) is 18.7. The second-order valence-electron chi connectivity index (χ2n) is 17.9. The number of fused-ring (bicyclic) bond motifs is 6. The number of carbonyl (C=O) groups is 5. The molecule has 256 valence electrons. The van der Waals surface area contributed by atoms with Crippen molar-refractivity contribution in [1.29, 1.82) is 0 Å². The molecule has 5 atom stereocenters. The summed E-state index contributed by atoms with van der Waals surface area (Å²) in [5.41, 5.74) is -5.11. The molecule has 48 heavy (non-hydrogen) atoms. The molecule has 0 saturated heterocycles. The van der Waals surface area contributed by atoms with Crippen molar-refractivity contribution in [2.75, 3.05) is 0 Å². The predicted octanol–water partition coefficient (Wildman–Crippen LogP) is 7.10. The second kappa shape index (κ2) is 9.57. The molecule has 0 amide bonds. The van der Waals surface area contributed by atoms with E-state index >= 15 is 9.59 Å². The van der Waals surface area contributed by atoms with E-state index in [9.17, 15) is 24.6 Å². The molecule has 7 rings (SSSR count). The van der Waals surface area contributed by atoms with Crippen LogP contribution in [-0.4, -0.2) is 44.7 Å². The highest BCUT2D eigenvalue weighted by atomic mass is 16.5. The molecule has 2 saturated carbocycles. The van der Waals surface area contributed by atoms with Gasteiger partial charge in [-0.05, 0) is 48.3 Å². The number of carbonyl (C=O) groups excluding carboxylic acids is 5. The van der Waals surface area contributed by atoms with Crippen LogP contribution in [0.2, 0.25) is 0 Å². The van der Waals surface area contributed by atoms with Crippen LogP contribution in [0.5, 0.6) is 0 Å². The van der Waals surface area contributed by atoms with E-state index in [0.29, 0.717) is 37.7 Å². The van der Waals surface area contributed by atoms with Gasteiger partial charge in [-0.15, -0.1) is 0 Å². The van der Waals surface area contributed by atoms with Crippen molar-refractivity contribution in [3.63, 3.8) is 0 Å². The van der Waals surface area contributed by atoms with Crippen molar-refractivity contribution in [2.45, 2.75) is 113 Å². The van der Waals surface area contributed by atoms with Crippen LogP contribution in [0.3, 0.4) is 0 Å². The minimum absolute atomic E-state index is 0.0140. The van der Waals surface area contributed by atoms with E-state index in [-0.39, 0.29) is 45.0 Å². The Morgan fingerprint density at radius 1 is 0.604 bits per heavy atom. The predicted molar refractivity (Wildman–Crippen MR) is 177 cm³/mol. The van der Waals surface area contributed by atoms with Crippen molar-refractivity contribution in [2.24, 2.45) is 45.3 Å². The molecule has 0 aromatic rings. The zero-order valence-electron chi connectivity index (χ0n) is 29.9. The van der Waals surface area contributed by atoms with E-state index in [1.54, 1.807) is 27.7 Å². The number of allylic oxidation sites excluding steroid dienone is 4. The fourth-order valence-electron chi connectivity index (χ4n) is 11.7. The standard InChI is InChI=1S/C40H48O8/c1-17(2)19-26(41)25-24(30(45)27(19)42)39(10)16-12-14-37(7,8)34(39)35(47)40(25)23-21-22(29(44)28(43)20(18(3)4)32(21)48-40)38(9)15-11-13-36(5,6)33(38)31(23)46/h17-18,33-34,41,44H,11-16H2,1-10H3/t33-,34+,38-,39-,40-/m1/s1. The van der Waals surface area contributed by atoms with Gasteiger partial charge < -0.3 is 14.9 Å². The summed E-state index contributed by atoms with van der Waals surface area (Å²) in [4.78, 5) is 74.0. The van der Waals surface area contributed by atoms with Crippen molar-refractivity contribution in [1.82, 2.24) is 0 Å². The summed E-state index contributed by atoms with van der Waals surface area (Å²) in [5.74, 6) is -6.48. The topological polar surface area (TPSA) is 135 Å². The lowest BCUT2D eigenvalue weighted by molar-refractivity contribution is -0.155. The van der Waals surface area contributed by atoms with Crippen LogP contribution in [0.4, 0.5) is 0 Å². The van der Waals surface area contributed by atoms with Crippen LogP contribution in [0.15, 0.2) is 56.3 Å². The summed E-state index contributed by atoms with van der Waals surface area (Å²) >= 11 is 0. The lowest BCUT2D eigenvalue weighted by Gasteiger charge is -2.58. The maximum atomic E-state index is 15.8. The number of ether oxygens (including phenoxy) is 1. The first-order valence-corrected chi connectivity index (χ1v) is 17.7. The average Bonchev–Trinajstić information content (AvgIpc) is 3.28. The van der Waals surface area contributed by atoms with Crippen LogP contribution >= 0.6 is 0 Å². The molecule has 8 heteroatoms. The maximum absolute atomic E-state index is 15.8. The van der Waals surface area contributed by atoms with Gasteiger partial charge in [0.1, 0.15) is 11.5 Å². The molecule has 1 heterocycles. The lowest BCUT2D eigenvalue weighted by Crippen LogP contribution is -2.65. The summed E-state index contributed by atoms with van der Waals surface area (Å²) in [6.07, 6.45) is 3.81. The molecule has 1 aliphatic heterocycles. The Labute approximate surface area is 282 Å². The quantitative estimate of drug-likeness (QED) is 0.237. The van der Waals surface area contributed by atoms with Gasteiger partial charge in [0.15, 0.2) is 17.3 Å². The average molecular weight is 657 g/mol. The molecule has 1 spiro atoms. The molecule has 8 nitrogen and oxygen atoms in total. The molecule has 2 fully saturated rings. The lowest BCUT2D eigenvalue weighted by atomic mass is 9.43. The smallest absolute Gasteiger partial charge is 0.233 e. The Morgan fingerprint density at radius 2 is 1.12 bits per heavy atom. The van der Waals surface area contributed by atoms with Crippen molar-refractivity contribution < 1.29 is 38.9 Å². The zero-order chi connectivity index (χ0) is 35.4. The summed E-state index contributed by atoms with van der Waals surface area (Å²) in [5, 5.41) is 24.2. The molecular formula is C40H48O8. The van der Waals surface area contributed by atoms with Crippen LogP contribution in [-0.2, 0) is 28.7 Å². The monoisotopic (exact) mass is 656 g/mol. The summed E-state index contributed by atoms with van der Waals surface area (Å²) < 4.78 is 6.99. The molecule has 0 radical (unpaired) electrons. The van der Waals surface area contributed by atoms with Gasteiger partial charge in [0.25, 0.3) is 0 Å². The Hall–Kier alpha value is -3.55. The largest absolute Gasteiger partial charge is 0.507 e. The van der Waals surface area contributed by atoms with Crippen molar-refractivity contribution >= 4 is 28.9 Å². The van der Waals surface area contributed by atoms with Gasteiger partial charge in [-0.3, -0.25) is 24.0 Å². The number of aliphatic hydroxyl groups is 2. The fourth-order valence-corrected chi connectivity index (χ4v) is 11.7. The van der Waals surface area contributed by atoms with Gasteiger partial charge in [-0.25, -0.2) is 0 Å². The SMILES string of the molecule is CC(C)C1=C(O)C2=C(C(=O)C1=O)[C@@]1(C)CCCC(C)(C)[C@@H]1C(=O)[C@]21OC2=C(C(C)C)C(=O)C(O)=C3C2=C1C(=O)[C@@H]1C(C)(C)CCC[C@]31C. The minimum Gasteiger partial charge on any atom is -0.507 e. The number of Topliss-reactive ketones (excluding diaryl/α,β-unsaturated/α-hetero) is 5. The van der Waals surface area contributed by atoms with Gasteiger partial charge in [0.2, 0.25) is 23.0 Å². The minimum atomic E-state index is -2.29. The number of rotatable bonds is 2. The van der Waals surface area contributed by atoms with Crippen LogP contribution in [0, 0.1) is 45.3 Å². The first-order chi connectivity index (χ1) is 22.1. The zero-order valence-corrected chi connectivity index (χ0v) is 29.9. The highest BCUT2D eigenvalue weighted by Gasteiger charge is 2.75. The molecule has 0 bridgehead atoms. The van der Waals surface area contributed by atoms with Gasteiger partial charge in [0.05, 0.1) is 11.1 Å². The van der Waals surface area contributed by atoms with E-state index in [2.05, 4.69) is 0 Å². The molecule has 0 unspecified atom stereocenters. The van der Waals surface area contributed by atoms with E-state index in [0.717, 1.165) is 6.42 Å². The van der Waals surface area contributed by atoms with Gasteiger partial charge in [-0.1, -0.05) is 82.1 Å². The first-order valence-electron chi connectivity index (χ1n) is 17.7. The Kier molecular flexibility index (Phi) is 6.57. The van der Waals surface area contributed by atoms with E-state index in [4.69, 9.17) is 4.74 Å². The Bertz CT molecular complexity index is 1850. The van der Waals surface area contributed by atoms with E-state index < -0.39 is 85.6 Å². The van der Waals surface area contributed by atoms with Crippen LogP contribution < -0.4 is 0 Å². The van der Waals surface area contributed by atoms with Gasteiger partial charge in [0, 0.05) is 50.5 Å². The molecule has 7 aliphatic rings. The van der Waals surface area contributed by atoms with E-state index in [1.165, 1.54) is 0 Å². The third-order valence-corrected chi connectivity index (χ3v) is 13.3.